The van der Waals surface area contributed by atoms with Gasteiger partial charge in [-0.2, -0.15) is 0 Å². The maximum Gasteiger partial charge on any atom is 1.00 e. The molecule has 0 aromatic rings. The Balaban J connectivity index is 0. The van der Waals surface area contributed by atoms with Crippen molar-refractivity contribution < 1.29 is 47.6 Å². The molecule has 0 aromatic carbocycles. The van der Waals surface area contributed by atoms with Crippen LogP contribution in [0, 0.1) is 11.8 Å². The van der Waals surface area contributed by atoms with Crippen molar-refractivity contribution in [1.82, 2.24) is 0 Å². The van der Waals surface area contributed by atoms with Crippen LogP contribution in [-0.2, 0) is 10.1 Å². The molecule has 0 amide bonds. The van der Waals surface area contributed by atoms with Crippen LogP contribution in [-0.4, -0.2) is 29.4 Å². The number of hydrogen-bond acceptors (Lipinski definition) is 4. The third-order valence-corrected chi connectivity index (χ3v) is 5.36. The van der Waals surface area contributed by atoms with Crippen molar-refractivity contribution in [3.63, 3.8) is 0 Å². The molecule has 0 heterocycles. The number of unbranched alkanes of at least 4 members (excludes halogenated alkanes) is 12. The molecule has 1 atom stereocenters. The first-order chi connectivity index (χ1) is 12.3. The van der Waals surface area contributed by atoms with Crippen molar-refractivity contribution in [2.24, 2.45) is 0 Å². The topological polar surface area (TPSA) is 77.4 Å². The molecule has 0 saturated carbocycles. The van der Waals surface area contributed by atoms with Gasteiger partial charge >= 0.3 is 29.6 Å². The van der Waals surface area contributed by atoms with Gasteiger partial charge in [-0.1, -0.05) is 77.1 Å². The van der Waals surface area contributed by atoms with Crippen molar-refractivity contribution in [2.75, 3.05) is 5.75 Å². The summed E-state index contributed by atoms with van der Waals surface area (Å²) in [6, 6.07) is 0. The van der Waals surface area contributed by atoms with Crippen molar-refractivity contribution >= 4 is 10.1 Å². The second-order valence-corrected chi connectivity index (χ2v) is 9.10. The van der Waals surface area contributed by atoms with Crippen molar-refractivity contribution in [1.29, 1.82) is 0 Å². The van der Waals surface area contributed by atoms with E-state index in [-0.39, 0.29) is 35.3 Å². The fourth-order valence-electron chi connectivity index (χ4n) is 2.94. The summed E-state index contributed by atoms with van der Waals surface area (Å²) in [6.45, 7) is 3.97. The van der Waals surface area contributed by atoms with Gasteiger partial charge in [-0.3, -0.25) is 0 Å². The molecule has 154 valence electrons. The first kappa shape index (κ1) is 29.6. The van der Waals surface area contributed by atoms with Gasteiger partial charge in [-0.05, 0) is 32.6 Å². The average molecular weight is 411 g/mol. The van der Waals surface area contributed by atoms with Gasteiger partial charge in [0.05, 0.1) is 10.1 Å². The van der Waals surface area contributed by atoms with Gasteiger partial charge in [0, 0.05) is 12.2 Å². The Morgan fingerprint density at radius 2 is 1.33 bits per heavy atom. The van der Waals surface area contributed by atoms with E-state index in [2.05, 4.69) is 18.8 Å². The molecular formula is C21H39NaO4S. The minimum Gasteiger partial charge on any atom is -0.748 e. The molecule has 0 spiro atoms. The SMILES string of the molecule is CCCCCC(C)(O)C#CCCCCCCCCCCCCS(=O)(=O)[O-].[Na+]. The van der Waals surface area contributed by atoms with Gasteiger partial charge in [0.25, 0.3) is 0 Å². The summed E-state index contributed by atoms with van der Waals surface area (Å²) in [5.41, 5.74) is -0.826. The number of aliphatic hydroxyl groups is 1. The van der Waals surface area contributed by atoms with E-state index in [9.17, 15) is 18.1 Å². The predicted molar refractivity (Wildman–Crippen MR) is 108 cm³/mol. The largest absolute Gasteiger partial charge is 1.00 e. The normalized spacial score (nSPS) is 13.3. The third kappa shape index (κ3) is 24.4. The summed E-state index contributed by atoms with van der Waals surface area (Å²) < 4.78 is 31.4. The average Bonchev–Trinajstić information content (AvgIpc) is 2.54. The Hall–Kier alpha value is 0.430. The smallest absolute Gasteiger partial charge is 0.748 e. The zero-order chi connectivity index (χ0) is 19.7. The van der Waals surface area contributed by atoms with Gasteiger partial charge in [0.15, 0.2) is 0 Å². The monoisotopic (exact) mass is 410 g/mol. The Bertz CT molecular complexity index is 492. The Morgan fingerprint density at radius 3 is 1.81 bits per heavy atom. The minimum absolute atomic E-state index is 0. The van der Waals surface area contributed by atoms with E-state index in [1.54, 1.807) is 0 Å². The van der Waals surface area contributed by atoms with E-state index in [0.29, 0.717) is 6.42 Å². The molecule has 0 aliphatic heterocycles. The molecule has 0 aliphatic carbocycles. The van der Waals surface area contributed by atoms with Gasteiger partial charge < -0.3 is 9.66 Å². The minimum atomic E-state index is -4.03. The summed E-state index contributed by atoms with van der Waals surface area (Å²) in [5, 5.41) is 10.1. The van der Waals surface area contributed by atoms with Gasteiger partial charge in [-0.15, -0.1) is 5.92 Å². The fourth-order valence-corrected chi connectivity index (χ4v) is 3.50. The molecule has 0 bridgehead atoms. The fraction of sp³-hybridized carbons (Fsp3) is 0.905. The van der Waals surface area contributed by atoms with E-state index >= 15 is 0 Å². The summed E-state index contributed by atoms with van der Waals surface area (Å²) in [5.74, 6) is 5.92. The molecule has 4 nitrogen and oxygen atoms in total. The molecule has 0 radical (unpaired) electrons. The van der Waals surface area contributed by atoms with Crippen LogP contribution in [0.3, 0.4) is 0 Å². The van der Waals surface area contributed by atoms with Crippen molar-refractivity contribution in [3.8, 4) is 11.8 Å². The molecule has 0 aliphatic rings. The standard InChI is InChI=1S/C21H40O4S.Na/c1-3-4-15-18-21(2,22)19-16-13-11-9-7-5-6-8-10-12-14-17-20-26(23,24)25;/h22H,3-15,17-18,20H2,1-2H3,(H,23,24,25);/q;+1/p-1. The van der Waals surface area contributed by atoms with E-state index in [1.807, 2.05) is 6.92 Å². The molecule has 0 rings (SSSR count). The maximum absolute atomic E-state index is 10.5. The van der Waals surface area contributed by atoms with Crippen LogP contribution in [0.2, 0.25) is 0 Å². The maximum atomic E-state index is 10.5. The summed E-state index contributed by atoms with van der Waals surface area (Å²) in [6.07, 6.45) is 15.6. The molecule has 6 heteroatoms. The molecule has 0 saturated heterocycles. The number of hydrogen-bond donors (Lipinski definition) is 1. The van der Waals surface area contributed by atoms with E-state index in [0.717, 1.165) is 57.8 Å². The Labute approximate surface area is 190 Å². The first-order valence-corrected chi connectivity index (χ1v) is 12.0. The van der Waals surface area contributed by atoms with Crippen LogP contribution < -0.4 is 29.6 Å². The van der Waals surface area contributed by atoms with Crippen LogP contribution in [0.4, 0.5) is 0 Å². The van der Waals surface area contributed by atoms with Crippen LogP contribution in [0.1, 0.15) is 110 Å². The molecule has 0 aromatic heterocycles. The van der Waals surface area contributed by atoms with E-state index < -0.39 is 15.7 Å². The summed E-state index contributed by atoms with van der Waals surface area (Å²) >= 11 is 0. The van der Waals surface area contributed by atoms with Crippen LogP contribution >= 0.6 is 0 Å². The van der Waals surface area contributed by atoms with E-state index in [1.165, 1.54) is 32.1 Å². The molecular weight excluding hydrogens is 371 g/mol. The molecule has 1 N–H and O–H groups in total. The van der Waals surface area contributed by atoms with Gasteiger partial charge in [0.2, 0.25) is 0 Å². The van der Waals surface area contributed by atoms with Crippen molar-refractivity contribution in [2.45, 2.75) is 116 Å². The quantitative estimate of drug-likeness (QED) is 0.183. The Kier molecular flexibility index (Phi) is 20.3. The molecule has 0 fully saturated rings. The third-order valence-electron chi connectivity index (χ3n) is 4.57. The second kappa shape index (κ2) is 18.5. The number of rotatable bonds is 16. The summed E-state index contributed by atoms with van der Waals surface area (Å²) in [7, 11) is -4.03. The Morgan fingerprint density at radius 1 is 0.852 bits per heavy atom. The summed E-state index contributed by atoms with van der Waals surface area (Å²) in [4.78, 5) is 0. The van der Waals surface area contributed by atoms with E-state index in [4.69, 9.17) is 0 Å². The van der Waals surface area contributed by atoms with Crippen LogP contribution in [0.25, 0.3) is 0 Å². The zero-order valence-corrected chi connectivity index (χ0v) is 20.7. The molecule has 1 unspecified atom stereocenters. The molecule has 27 heavy (non-hydrogen) atoms. The van der Waals surface area contributed by atoms with Gasteiger partial charge in [0.1, 0.15) is 5.60 Å². The predicted octanol–water partition coefficient (Wildman–Crippen LogP) is 2.16. The zero-order valence-electron chi connectivity index (χ0n) is 17.9. The second-order valence-electron chi connectivity index (χ2n) is 7.58. The van der Waals surface area contributed by atoms with Crippen LogP contribution in [0.5, 0.6) is 0 Å². The van der Waals surface area contributed by atoms with Crippen molar-refractivity contribution in [3.05, 3.63) is 0 Å². The van der Waals surface area contributed by atoms with Crippen LogP contribution in [0.15, 0.2) is 0 Å². The van der Waals surface area contributed by atoms with Gasteiger partial charge in [-0.25, -0.2) is 8.42 Å². The first-order valence-electron chi connectivity index (χ1n) is 10.4.